The van der Waals surface area contributed by atoms with E-state index in [0.717, 1.165) is 44.8 Å². The molecule has 0 spiro atoms. The summed E-state index contributed by atoms with van der Waals surface area (Å²) in [5.74, 6) is -0.715. The van der Waals surface area contributed by atoms with Gasteiger partial charge < -0.3 is 10.2 Å². The third kappa shape index (κ3) is 8.17. The predicted molar refractivity (Wildman–Crippen MR) is 157 cm³/mol. The van der Waals surface area contributed by atoms with E-state index in [1.165, 1.54) is 4.90 Å². The molecule has 0 bridgehead atoms. The van der Waals surface area contributed by atoms with E-state index in [-0.39, 0.29) is 12.5 Å². The highest BCUT2D eigenvalue weighted by molar-refractivity contribution is 7.92. The van der Waals surface area contributed by atoms with Gasteiger partial charge in [0.05, 0.1) is 11.9 Å². The fraction of sp³-hybridized carbons (Fsp3) is 0.355. The lowest BCUT2D eigenvalue weighted by atomic mass is 10.0. The smallest absolute Gasteiger partial charge is 0.244 e. The first kappa shape index (κ1) is 29.9. The summed E-state index contributed by atoms with van der Waals surface area (Å²) >= 11 is 0. The van der Waals surface area contributed by atoms with Crippen LogP contribution in [0.4, 0.5) is 5.69 Å². The van der Waals surface area contributed by atoms with E-state index in [9.17, 15) is 18.0 Å². The molecule has 0 aliphatic carbocycles. The van der Waals surface area contributed by atoms with Crippen LogP contribution in [0.5, 0.6) is 0 Å². The number of anilines is 1. The van der Waals surface area contributed by atoms with Crippen molar-refractivity contribution >= 4 is 27.5 Å². The van der Waals surface area contributed by atoms with Crippen molar-refractivity contribution in [2.24, 2.45) is 0 Å². The molecule has 0 aliphatic heterocycles. The highest BCUT2D eigenvalue weighted by Crippen LogP contribution is 2.26. The van der Waals surface area contributed by atoms with E-state index >= 15 is 0 Å². The molecule has 0 aromatic heterocycles. The predicted octanol–water partition coefficient (Wildman–Crippen LogP) is 4.54. The van der Waals surface area contributed by atoms with Crippen LogP contribution in [0.25, 0.3) is 0 Å². The lowest BCUT2D eigenvalue weighted by molar-refractivity contribution is -0.140. The molecule has 0 heterocycles. The summed E-state index contributed by atoms with van der Waals surface area (Å²) in [6.45, 7) is 7.93. The van der Waals surface area contributed by atoms with Crippen molar-refractivity contribution in [2.75, 3.05) is 23.7 Å². The number of amides is 2. The summed E-state index contributed by atoms with van der Waals surface area (Å²) in [6.07, 6.45) is 2.16. The van der Waals surface area contributed by atoms with Crippen LogP contribution in [0.15, 0.2) is 72.8 Å². The first-order valence-corrected chi connectivity index (χ1v) is 15.1. The highest BCUT2D eigenvalue weighted by Gasteiger charge is 2.33. The Hall–Kier alpha value is -3.65. The minimum atomic E-state index is -3.80. The van der Waals surface area contributed by atoms with Crippen molar-refractivity contribution in [2.45, 2.75) is 53.1 Å². The zero-order valence-electron chi connectivity index (χ0n) is 23.5. The maximum absolute atomic E-state index is 14.1. The van der Waals surface area contributed by atoms with E-state index in [1.54, 1.807) is 12.1 Å². The molecule has 1 atom stereocenters. The Bertz CT molecular complexity index is 1370. The van der Waals surface area contributed by atoms with Crippen molar-refractivity contribution in [3.63, 3.8) is 0 Å². The lowest BCUT2D eigenvalue weighted by Crippen LogP contribution is -2.53. The number of rotatable bonds is 12. The van der Waals surface area contributed by atoms with Crippen molar-refractivity contribution in [3.05, 3.63) is 101 Å². The number of aryl methyl sites for hydroxylation is 2. The minimum absolute atomic E-state index is 0.167. The second-order valence-corrected chi connectivity index (χ2v) is 11.9. The van der Waals surface area contributed by atoms with Gasteiger partial charge in [-0.25, -0.2) is 8.42 Å². The third-order valence-corrected chi connectivity index (χ3v) is 7.94. The average molecular weight is 550 g/mol. The van der Waals surface area contributed by atoms with Crippen molar-refractivity contribution in [3.8, 4) is 0 Å². The van der Waals surface area contributed by atoms with Gasteiger partial charge >= 0.3 is 0 Å². The quantitative estimate of drug-likeness (QED) is 0.359. The molecule has 0 fully saturated rings. The molecule has 3 rings (SSSR count). The molecule has 39 heavy (non-hydrogen) atoms. The van der Waals surface area contributed by atoms with Gasteiger partial charge in [0.2, 0.25) is 21.8 Å². The van der Waals surface area contributed by atoms with E-state index in [1.807, 2.05) is 88.4 Å². The van der Waals surface area contributed by atoms with Crippen LogP contribution in [0.2, 0.25) is 0 Å². The molecule has 208 valence electrons. The SMILES string of the molecule is CCCNC(=O)[C@@H](Cc1ccccc1)N(Cc1ccc(C)cc1)C(=O)CN(c1cccc(C)c1C)S(C)(=O)=O. The number of hydrogen-bond acceptors (Lipinski definition) is 4. The van der Waals surface area contributed by atoms with Gasteiger partial charge in [0.25, 0.3) is 0 Å². The molecule has 7 nitrogen and oxygen atoms in total. The molecule has 0 aliphatic rings. The summed E-state index contributed by atoms with van der Waals surface area (Å²) < 4.78 is 27.1. The Morgan fingerprint density at radius 2 is 1.54 bits per heavy atom. The monoisotopic (exact) mass is 549 g/mol. The van der Waals surface area contributed by atoms with Crippen LogP contribution in [0, 0.1) is 20.8 Å². The molecule has 3 aromatic carbocycles. The molecule has 0 saturated heterocycles. The maximum atomic E-state index is 14.1. The minimum Gasteiger partial charge on any atom is -0.354 e. The Morgan fingerprint density at radius 3 is 2.15 bits per heavy atom. The van der Waals surface area contributed by atoms with Crippen molar-refractivity contribution in [1.29, 1.82) is 0 Å². The molecule has 0 saturated carbocycles. The molecular weight excluding hydrogens is 510 g/mol. The van der Waals surface area contributed by atoms with Crippen molar-refractivity contribution in [1.82, 2.24) is 10.2 Å². The van der Waals surface area contributed by atoms with E-state index in [4.69, 9.17) is 0 Å². The second kappa shape index (κ2) is 13.4. The van der Waals surface area contributed by atoms with Gasteiger partial charge in [-0.2, -0.15) is 0 Å². The Kier molecular flexibility index (Phi) is 10.3. The molecule has 1 N–H and O–H groups in total. The van der Waals surface area contributed by atoms with Gasteiger partial charge in [-0.3, -0.25) is 13.9 Å². The molecule has 8 heteroatoms. The first-order chi connectivity index (χ1) is 18.5. The molecular formula is C31H39N3O4S. The number of benzene rings is 3. The van der Waals surface area contributed by atoms with Crippen LogP contribution in [-0.2, 0) is 32.6 Å². The standard InChI is InChI=1S/C31H39N3O4S/c1-6-19-32-31(36)29(20-26-12-8-7-9-13-26)33(21-27-17-15-23(2)16-18-27)30(35)22-34(39(5,37)38)28-14-10-11-24(3)25(28)4/h7-18,29H,6,19-22H2,1-5H3,(H,32,36)/t29-/m1/s1. The molecule has 2 amide bonds. The number of hydrogen-bond donors (Lipinski definition) is 1. The summed E-state index contributed by atoms with van der Waals surface area (Å²) in [6, 6.07) is 21.9. The number of carbonyl (C=O) groups is 2. The van der Waals surface area contributed by atoms with E-state index in [0.29, 0.717) is 18.7 Å². The van der Waals surface area contributed by atoms with Gasteiger partial charge in [-0.05, 0) is 55.5 Å². The fourth-order valence-corrected chi connectivity index (χ4v) is 5.31. The van der Waals surface area contributed by atoms with Crippen LogP contribution < -0.4 is 9.62 Å². The van der Waals surface area contributed by atoms with Crippen LogP contribution >= 0.6 is 0 Å². The Labute approximate surface area is 232 Å². The van der Waals surface area contributed by atoms with Crippen LogP contribution in [-0.4, -0.2) is 50.5 Å². The third-order valence-electron chi connectivity index (χ3n) is 6.82. The molecule has 0 radical (unpaired) electrons. The van der Waals surface area contributed by atoms with Crippen LogP contribution in [0.3, 0.4) is 0 Å². The average Bonchev–Trinajstić information content (AvgIpc) is 2.90. The lowest BCUT2D eigenvalue weighted by Gasteiger charge is -2.34. The highest BCUT2D eigenvalue weighted by atomic mass is 32.2. The number of nitrogens with one attached hydrogen (secondary N) is 1. The summed E-state index contributed by atoms with van der Waals surface area (Å²) in [4.78, 5) is 29.1. The fourth-order valence-electron chi connectivity index (χ4n) is 4.41. The zero-order valence-corrected chi connectivity index (χ0v) is 24.3. The number of nitrogens with zero attached hydrogens (tertiary/aromatic N) is 2. The second-order valence-electron chi connectivity index (χ2n) is 9.99. The summed E-state index contributed by atoms with van der Waals surface area (Å²) in [7, 11) is -3.80. The van der Waals surface area contributed by atoms with Gasteiger partial charge in [0.1, 0.15) is 12.6 Å². The van der Waals surface area contributed by atoms with Gasteiger partial charge in [-0.1, -0.05) is 79.2 Å². The molecule has 3 aromatic rings. The maximum Gasteiger partial charge on any atom is 0.244 e. The number of carbonyl (C=O) groups excluding carboxylic acids is 2. The summed E-state index contributed by atoms with van der Waals surface area (Å²) in [5, 5.41) is 2.95. The van der Waals surface area contributed by atoms with E-state index in [2.05, 4.69) is 5.32 Å². The van der Waals surface area contributed by atoms with Crippen LogP contribution in [0.1, 0.15) is 41.2 Å². The van der Waals surface area contributed by atoms with Gasteiger partial charge in [0.15, 0.2) is 0 Å². The molecule has 0 unspecified atom stereocenters. The Balaban J connectivity index is 2.06. The summed E-state index contributed by atoms with van der Waals surface area (Å²) in [5.41, 5.74) is 5.00. The van der Waals surface area contributed by atoms with Gasteiger partial charge in [0, 0.05) is 19.5 Å². The van der Waals surface area contributed by atoms with E-state index < -0.39 is 28.5 Å². The largest absolute Gasteiger partial charge is 0.354 e. The zero-order chi connectivity index (χ0) is 28.6. The van der Waals surface area contributed by atoms with Crippen molar-refractivity contribution < 1.29 is 18.0 Å². The normalized spacial score (nSPS) is 12.0. The topological polar surface area (TPSA) is 86.8 Å². The van der Waals surface area contributed by atoms with Gasteiger partial charge in [-0.15, -0.1) is 0 Å². The first-order valence-electron chi connectivity index (χ1n) is 13.2. The Morgan fingerprint density at radius 1 is 0.872 bits per heavy atom. The number of sulfonamides is 1.